The van der Waals surface area contributed by atoms with Crippen LogP contribution in [0.5, 0.6) is 0 Å². The van der Waals surface area contributed by atoms with Crippen molar-refractivity contribution in [2.24, 2.45) is 5.41 Å². The third-order valence-corrected chi connectivity index (χ3v) is 1.67. The molecule has 1 unspecified atom stereocenters. The molecule has 1 atom stereocenters. The van der Waals surface area contributed by atoms with Gasteiger partial charge in [0.1, 0.15) is 0 Å². The van der Waals surface area contributed by atoms with Crippen molar-refractivity contribution in [3.8, 4) is 0 Å². The van der Waals surface area contributed by atoms with Gasteiger partial charge in [-0.3, -0.25) is 4.79 Å². The van der Waals surface area contributed by atoms with E-state index in [-0.39, 0.29) is 17.8 Å². The third-order valence-electron chi connectivity index (χ3n) is 1.67. The molecule has 0 bridgehead atoms. The molecule has 0 aromatic rings. The highest BCUT2D eigenvalue weighted by atomic mass is 16.5. The van der Waals surface area contributed by atoms with Crippen LogP contribution in [-0.4, -0.2) is 23.8 Å². The number of rotatable bonds is 3. The second-order valence-corrected chi connectivity index (χ2v) is 3.89. The Bertz CT molecular complexity index is 146. The lowest BCUT2D eigenvalue weighted by molar-refractivity contribution is -0.147. The topological polar surface area (TPSA) is 46.5 Å². The van der Waals surface area contributed by atoms with Gasteiger partial charge in [0.15, 0.2) is 0 Å². The van der Waals surface area contributed by atoms with E-state index >= 15 is 0 Å². The Morgan fingerprint density at radius 3 is 2.33 bits per heavy atom. The van der Waals surface area contributed by atoms with Gasteiger partial charge in [-0.05, 0) is 12.3 Å². The lowest BCUT2D eigenvalue weighted by Crippen LogP contribution is -2.29. The zero-order valence-electron chi connectivity index (χ0n) is 8.26. The Labute approximate surface area is 73.7 Å². The Balaban J connectivity index is 3.84. The fourth-order valence-corrected chi connectivity index (χ4v) is 0.684. The van der Waals surface area contributed by atoms with Crippen LogP contribution in [0.25, 0.3) is 0 Å². The zero-order valence-corrected chi connectivity index (χ0v) is 8.26. The molecular formula is C9H18O3. The molecule has 1 N–H and O–H groups in total. The van der Waals surface area contributed by atoms with Crippen LogP contribution in [0.1, 0.15) is 34.1 Å². The number of aliphatic hydroxyl groups excluding tert-OH is 1. The van der Waals surface area contributed by atoms with E-state index in [0.29, 0.717) is 6.61 Å². The lowest BCUT2D eigenvalue weighted by Gasteiger charge is -2.24. The molecule has 0 fully saturated rings. The number of esters is 1. The van der Waals surface area contributed by atoms with E-state index in [1.54, 1.807) is 6.92 Å². The van der Waals surface area contributed by atoms with E-state index in [0.717, 1.165) is 0 Å². The van der Waals surface area contributed by atoms with Crippen LogP contribution >= 0.6 is 0 Å². The normalized spacial score (nSPS) is 14.1. The van der Waals surface area contributed by atoms with Gasteiger partial charge in [0.25, 0.3) is 0 Å². The first-order valence-corrected chi connectivity index (χ1v) is 4.21. The number of carbonyl (C=O) groups excluding carboxylic acids is 1. The SMILES string of the molecule is CCOC(=O)CC(O)C(C)(C)C. The molecule has 0 amide bonds. The molecule has 0 aliphatic carbocycles. The monoisotopic (exact) mass is 174 g/mol. The summed E-state index contributed by atoms with van der Waals surface area (Å²) >= 11 is 0. The third kappa shape index (κ3) is 4.34. The summed E-state index contributed by atoms with van der Waals surface area (Å²) < 4.78 is 4.71. The highest BCUT2D eigenvalue weighted by molar-refractivity contribution is 5.70. The smallest absolute Gasteiger partial charge is 0.308 e. The molecule has 0 spiro atoms. The summed E-state index contributed by atoms with van der Waals surface area (Å²) in [5.74, 6) is -0.333. The minimum atomic E-state index is -0.628. The van der Waals surface area contributed by atoms with Gasteiger partial charge < -0.3 is 9.84 Å². The summed E-state index contributed by atoms with van der Waals surface area (Å²) in [6.07, 6.45) is -0.548. The lowest BCUT2D eigenvalue weighted by atomic mass is 9.87. The van der Waals surface area contributed by atoms with Crippen LogP contribution in [0.2, 0.25) is 0 Å². The molecular weight excluding hydrogens is 156 g/mol. The van der Waals surface area contributed by atoms with E-state index in [1.165, 1.54) is 0 Å². The number of hydrogen-bond donors (Lipinski definition) is 1. The summed E-state index contributed by atoms with van der Waals surface area (Å²) in [4.78, 5) is 10.9. The van der Waals surface area contributed by atoms with Gasteiger partial charge in [0, 0.05) is 0 Å². The van der Waals surface area contributed by atoms with Crippen LogP contribution in [0, 0.1) is 5.41 Å². The second-order valence-electron chi connectivity index (χ2n) is 3.89. The van der Waals surface area contributed by atoms with E-state index in [1.807, 2.05) is 20.8 Å². The molecule has 0 radical (unpaired) electrons. The van der Waals surface area contributed by atoms with Crippen molar-refractivity contribution in [1.29, 1.82) is 0 Å². The molecule has 0 aliphatic rings. The summed E-state index contributed by atoms with van der Waals surface area (Å²) in [6.45, 7) is 7.78. The Morgan fingerprint density at radius 1 is 1.50 bits per heavy atom. The van der Waals surface area contributed by atoms with Gasteiger partial charge in [-0.1, -0.05) is 20.8 Å². The summed E-state index contributed by atoms with van der Waals surface area (Å²) in [5, 5.41) is 9.48. The highest BCUT2D eigenvalue weighted by Gasteiger charge is 2.24. The molecule has 0 saturated carbocycles. The van der Waals surface area contributed by atoms with Crippen molar-refractivity contribution in [3.63, 3.8) is 0 Å². The van der Waals surface area contributed by atoms with Gasteiger partial charge in [-0.25, -0.2) is 0 Å². The van der Waals surface area contributed by atoms with Crippen molar-refractivity contribution < 1.29 is 14.6 Å². The molecule has 0 aromatic carbocycles. The maximum absolute atomic E-state index is 10.9. The van der Waals surface area contributed by atoms with E-state index in [2.05, 4.69) is 0 Å². The average molecular weight is 174 g/mol. The van der Waals surface area contributed by atoms with Crippen molar-refractivity contribution >= 4 is 5.97 Å². The molecule has 12 heavy (non-hydrogen) atoms. The molecule has 0 rings (SSSR count). The highest BCUT2D eigenvalue weighted by Crippen LogP contribution is 2.21. The van der Waals surface area contributed by atoms with Crippen LogP contribution in [0.3, 0.4) is 0 Å². The standard InChI is InChI=1S/C9H18O3/c1-5-12-8(11)6-7(10)9(2,3)4/h7,10H,5-6H2,1-4H3. The second kappa shape index (κ2) is 4.45. The molecule has 0 saturated heterocycles. The fourth-order valence-electron chi connectivity index (χ4n) is 0.684. The molecule has 3 heteroatoms. The summed E-state index contributed by atoms with van der Waals surface area (Å²) in [7, 11) is 0. The number of ether oxygens (including phenoxy) is 1. The first kappa shape index (κ1) is 11.4. The predicted octanol–water partition coefficient (Wildman–Crippen LogP) is 1.35. The van der Waals surface area contributed by atoms with Gasteiger partial charge in [-0.2, -0.15) is 0 Å². The first-order valence-electron chi connectivity index (χ1n) is 4.21. The summed E-state index contributed by atoms with van der Waals surface area (Å²) in [5.41, 5.74) is -0.257. The minimum absolute atomic E-state index is 0.0807. The zero-order chi connectivity index (χ0) is 9.78. The molecule has 0 aliphatic heterocycles. The Morgan fingerprint density at radius 2 is 2.00 bits per heavy atom. The first-order chi connectivity index (χ1) is 5.38. The van der Waals surface area contributed by atoms with Crippen molar-refractivity contribution in [1.82, 2.24) is 0 Å². The Kier molecular flexibility index (Phi) is 4.24. The van der Waals surface area contributed by atoms with Gasteiger partial charge in [0.05, 0.1) is 19.1 Å². The quantitative estimate of drug-likeness (QED) is 0.657. The van der Waals surface area contributed by atoms with Crippen molar-refractivity contribution in [3.05, 3.63) is 0 Å². The number of hydrogen-bond acceptors (Lipinski definition) is 3. The summed E-state index contributed by atoms with van der Waals surface area (Å²) in [6, 6.07) is 0. The van der Waals surface area contributed by atoms with Crippen molar-refractivity contribution in [2.45, 2.75) is 40.2 Å². The maximum atomic E-state index is 10.9. The average Bonchev–Trinajstić information content (AvgIpc) is 1.85. The minimum Gasteiger partial charge on any atom is -0.466 e. The van der Waals surface area contributed by atoms with Gasteiger partial charge in [-0.15, -0.1) is 0 Å². The molecule has 72 valence electrons. The molecule has 3 nitrogen and oxygen atoms in total. The van der Waals surface area contributed by atoms with Crippen LogP contribution in [-0.2, 0) is 9.53 Å². The Hall–Kier alpha value is -0.570. The van der Waals surface area contributed by atoms with Crippen LogP contribution in [0.15, 0.2) is 0 Å². The molecule has 0 aromatic heterocycles. The van der Waals surface area contributed by atoms with E-state index < -0.39 is 6.10 Å². The van der Waals surface area contributed by atoms with Gasteiger partial charge >= 0.3 is 5.97 Å². The predicted molar refractivity (Wildman–Crippen MR) is 46.7 cm³/mol. The van der Waals surface area contributed by atoms with Crippen LogP contribution in [0.4, 0.5) is 0 Å². The largest absolute Gasteiger partial charge is 0.466 e. The number of aliphatic hydroxyl groups is 1. The van der Waals surface area contributed by atoms with Gasteiger partial charge in [0.2, 0.25) is 0 Å². The van der Waals surface area contributed by atoms with E-state index in [4.69, 9.17) is 4.74 Å². The fraction of sp³-hybridized carbons (Fsp3) is 0.889. The van der Waals surface area contributed by atoms with Crippen LogP contribution < -0.4 is 0 Å². The van der Waals surface area contributed by atoms with Crippen molar-refractivity contribution in [2.75, 3.05) is 6.61 Å². The number of carbonyl (C=O) groups is 1. The maximum Gasteiger partial charge on any atom is 0.308 e. The van der Waals surface area contributed by atoms with E-state index in [9.17, 15) is 9.90 Å². The molecule has 0 heterocycles.